The first-order chi connectivity index (χ1) is 11.3. The summed E-state index contributed by atoms with van der Waals surface area (Å²) < 4.78 is 6.18. The van der Waals surface area contributed by atoms with Crippen molar-refractivity contribution in [1.29, 1.82) is 0 Å². The Kier molecular flexibility index (Phi) is 3.58. The Morgan fingerprint density at radius 2 is 1.96 bits per heavy atom. The third-order valence-electron chi connectivity index (χ3n) is 6.31. The summed E-state index contributed by atoms with van der Waals surface area (Å²) in [7, 11) is -1.57. The average molecular weight is 341 g/mol. The minimum Gasteiger partial charge on any atom is -0.544 e. The number of Topliss-reactive ketones (excluding diaryl/α,β-unsaturated/α-hetero) is 1. The van der Waals surface area contributed by atoms with Crippen molar-refractivity contribution in [3.8, 4) is 5.75 Å². The summed E-state index contributed by atoms with van der Waals surface area (Å²) in [5.74, 6) is 2.65. The van der Waals surface area contributed by atoms with Gasteiger partial charge in [0.15, 0.2) is 0 Å². The monoisotopic (exact) mass is 340 g/mol. The topological polar surface area (TPSA) is 26.3 Å². The van der Waals surface area contributed by atoms with E-state index >= 15 is 0 Å². The molecule has 1 fully saturated rings. The molecule has 3 aliphatic carbocycles. The lowest BCUT2D eigenvalue weighted by atomic mass is 9.60. The number of fused-ring (bicyclic) bond motifs is 5. The zero-order valence-electron chi connectivity index (χ0n) is 15.3. The molecule has 0 N–H and O–H groups in total. The van der Waals surface area contributed by atoms with Crippen LogP contribution in [0.4, 0.5) is 0 Å². The molecule has 0 radical (unpaired) electrons. The fourth-order valence-corrected chi connectivity index (χ4v) is 5.99. The minimum absolute atomic E-state index is 0.0907. The summed E-state index contributed by atoms with van der Waals surface area (Å²) in [5.41, 5.74) is 4.26. The van der Waals surface area contributed by atoms with Gasteiger partial charge < -0.3 is 4.43 Å². The Balaban J connectivity index is 1.69. The highest BCUT2D eigenvalue weighted by atomic mass is 28.4. The molecule has 128 valence electrons. The lowest BCUT2D eigenvalue weighted by Crippen LogP contribution is -2.38. The van der Waals surface area contributed by atoms with Crippen molar-refractivity contribution in [3.05, 3.63) is 35.4 Å². The van der Waals surface area contributed by atoms with Crippen molar-refractivity contribution < 1.29 is 9.22 Å². The molecule has 3 atom stereocenters. The molecule has 0 saturated heterocycles. The number of allylic oxidation sites excluding steroid dienone is 2. The molecule has 2 nitrogen and oxygen atoms in total. The van der Waals surface area contributed by atoms with E-state index < -0.39 is 8.32 Å². The molecule has 1 aromatic carbocycles. The van der Waals surface area contributed by atoms with Crippen LogP contribution in [0.3, 0.4) is 0 Å². The molecule has 24 heavy (non-hydrogen) atoms. The van der Waals surface area contributed by atoms with Crippen LogP contribution in [0.2, 0.25) is 19.6 Å². The fraction of sp³-hybridized carbons (Fsp3) is 0.571. The van der Waals surface area contributed by atoms with Crippen LogP contribution in [-0.2, 0) is 11.2 Å². The second-order valence-electron chi connectivity index (χ2n) is 9.03. The summed E-state index contributed by atoms with van der Waals surface area (Å²) in [4.78, 5) is 12.4. The van der Waals surface area contributed by atoms with E-state index in [1.165, 1.54) is 23.1 Å². The Morgan fingerprint density at radius 1 is 1.17 bits per heavy atom. The molecule has 3 aliphatic rings. The zero-order valence-corrected chi connectivity index (χ0v) is 16.3. The lowest BCUT2D eigenvalue weighted by molar-refractivity contribution is -0.126. The Labute approximate surface area is 146 Å². The number of hydrogen-bond acceptors (Lipinski definition) is 2. The molecular weight excluding hydrogens is 312 g/mol. The molecule has 0 spiro atoms. The number of benzene rings is 1. The molecule has 0 amide bonds. The van der Waals surface area contributed by atoms with E-state index in [0.717, 1.165) is 31.4 Å². The highest BCUT2D eigenvalue weighted by Gasteiger charge is 2.51. The molecular formula is C21H28O2Si. The van der Waals surface area contributed by atoms with Gasteiger partial charge in [-0.2, -0.15) is 0 Å². The molecule has 0 aliphatic heterocycles. The second kappa shape index (κ2) is 5.32. The summed E-state index contributed by atoms with van der Waals surface area (Å²) >= 11 is 0. The standard InChI is InChI=1S/C21H28O2Si/c1-21-12-11-17-16-8-6-15(23-24(2,3)4)13-14(16)5-7-18(17)19(21)9-10-20(21)22/h6,8,11,13,18-19H,5,7,9-10,12H2,1-4H3. The highest BCUT2D eigenvalue weighted by Crippen LogP contribution is 2.57. The fourth-order valence-electron chi connectivity index (χ4n) is 5.15. The molecule has 1 aromatic rings. The molecule has 0 bridgehead atoms. The molecule has 3 heteroatoms. The van der Waals surface area contributed by atoms with Crippen LogP contribution in [0, 0.1) is 17.3 Å². The van der Waals surface area contributed by atoms with Gasteiger partial charge >= 0.3 is 0 Å². The van der Waals surface area contributed by atoms with E-state index in [0.29, 0.717) is 17.6 Å². The predicted molar refractivity (Wildman–Crippen MR) is 101 cm³/mol. The number of aryl methyl sites for hydroxylation is 1. The first-order valence-corrected chi connectivity index (χ1v) is 12.7. The Morgan fingerprint density at radius 3 is 2.71 bits per heavy atom. The molecule has 0 aromatic heterocycles. The molecule has 3 unspecified atom stereocenters. The molecule has 1 saturated carbocycles. The Hall–Kier alpha value is -1.35. The summed E-state index contributed by atoms with van der Waals surface area (Å²) in [5, 5.41) is 0. The number of carbonyl (C=O) groups excluding carboxylic acids is 1. The second-order valence-corrected chi connectivity index (χ2v) is 13.5. The van der Waals surface area contributed by atoms with Crippen LogP contribution in [-0.4, -0.2) is 14.1 Å². The van der Waals surface area contributed by atoms with E-state index in [9.17, 15) is 4.79 Å². The van der Waals surface area contributed by atoms with Gasteiger partial charge in [0.1, 0.15) is 11.5 Å². The van der Waals surface area contributed by atoms with Gasteiger partial charge in [-0.25, -0.2) is 0 Å². The van der Waals surface area contributed by atoms with E-state index in [1.807, 2.05) is 0 Å². The Bertz CT molecular complexity index is 728. The quantitative estimate of drug-likeness (QED) is 0.689. The van der Waals surface area contributed by atoms with E-state index in [1.54, 1.807) is 0 Å². The number of hydrogen-bond donors (Lipinski definition) is 0. The number of ketones is 1. The van der Waals surface area contributed by atoms with Gasteiger partial charge in [-0.15, -0.1) is 0 Å². The van der Waals surface area contributed by atoms with Crippen LogP contribution in [0.15, 0.2) is 24.3 Å². The van der Waals surface area contributed by atoms with Gasteiger partial charge in [0, 0.05) is 11.8 Å². The maximum atomic E-state index is 12.4. The van der Waals surface area contributed by atoms with Gasteiger partial charge in [0.2, 0.25) is 8.32 Å². The van der Waals surface area contributed by atoms with Crippen molar-refractivity contribution in [2.24, 2.45) is 17.3 Å². The van der Waals surface area contributed by atoms with Crippen molar-refractivity contribution in [2.45, 2.75) is 58.7 Å². The van der Waals surface area contributed by atoms with Crippen molar-refractivity contribution in [3.63, 3.8) is 0 Å². The average Bonchev–Trinajstić information content (AvgIpc) is 2.81. The maximum Gasteiger partial charge on any atom is 0.242 e. The zero-order chi connectivity index (χ0) is 17.1. The summed E-state index contributed by atoms with van der Waals surface area (Å²) in [6, 6.07) is 6.67. The van der Waals surface area contributed by atoms with E-state index in [-0.39, 0.29) is 5.41 Å². The maximum absolute atomic E-state index is 12.4. The van der Waals surface area contributed by atoms with Crippen LogP contribution >= 0.6 is 0 Å². The van der Waals surface area contributed by atoms with Crippen molar-refractivity contribution in [2.75, 3.05) is 0 Å². The molecule has 4 rings (SSSR count). The van der Waals surface area contributed by atoms with Crippen LogP contribution in [0.25, 0.3) is 5.57 Å². The van der Waals surface area contributed by atoms with Gasteiger partial charge in [-0.3, -0.25) is 4.79 Å². The van der Waals surface area contributed by atoms with Crippen LogP contribution in [0.1, 0.15) is 43.7 Å². The van der Waals surface area contributed by atoms with E-state index in [2.05, 4.69) is 50.8 Å². The third-order valence-corrected chi connectivity index (χ3v) is 7.15. The minimum atomic E-state index is -1.57. The third kappa shape index (κ3) is 2.48. The first kappa shape index (κ1) is 16.1. The van der Waals surface area contributed by atoms with Gasteiger partial charge in [0.05, 0.1) is 0 Å². The van der Waals surface area contributed by atoms with Gasteiger partial charge in [-0.1, -0.05) is 19.1 Å². The SMILES string of the molecule is CC12CC=C3c4ccc(O[Si](C)(C)C)cc4CCC3C1CCC2=O. The van der Waals surface area contributed by atoms with Gasteiger partial charge in [-0.05, 0) is 86.0 Å². The first-order valence-electron chi connectivity index (χ1n) is 9.34. The normalized spacial score (nSPS) is 31.8. The summed E-state index contributed by atoms with van der Waals surface area (Å²) in [6.07, 6.45) is 7.47. The lowest BCUT2D eigenvalue weighted by Gasteiger charge is -2.43. The predicted octanol–water partition coefficient (Wildman–Crippen LogP) is 5.24. The number of carbonyl (C=O) groups is 1. The molecule has 0 heterocycles. The largest absolute Gasteiger partial charge is 0.544 e. The summed E-state index contributed by atoms with van der Waals surface area (Å²) in [6.45, 7) is 8.89. The van der Waals surface area contributed by atoms with E-state index in [4.69, 9.17) is 4.43 Å². The van der Waals surface area contributed by atoms with Crippen LogP contribution in [0.5, 0.6) is 5.75 Å². The van der Waals surface area contributed by atoms with Crippen molar-refractivity contribution in [1.82, 2.24) is 0 Å². The number of rotatable bonds is 2. The van der Waals surface area contributed by atoms with Gasteiger partial charge in [0.25, 0.3) is 0 Å². The smallest absolute Gasteiger partial charge is 0.242 e. The van der Waals surface area contributed by atoms with Crippen molar-refractivity contribution >= 4 is 19.7 Å². The highest BCUT2D eigenvalue weighted by molar-refractivity contribution is 6.70. The van der Waals surface area contributed by atoms with Crippen LogP contribution < -0.4 is 4.43 Å².